The minimum Gasteiger partial charge on any atom is -0.380 e. The van der Waals surface area contributed by atoms with E-state index in [0.29, 0.717) is 6.61 Å². The van der Waals surface area contributed by atoms with Crippen molar-refractivity contribution in [1.82, 2.24) is 0 Å². The second-order valence-corrected chi connectivity index (χ2v) is 2.21. The van der Waals surface area contributed by atoms with Crippen LogP contribution in [0.4, 0.5) is 0 Å². The van der Waals surface area contributed by atoms with E-state index in [1.807, 2.05) is 6.92 Å². The highest BCUT2D eigenvalue weighted by Crippen LogP contribution is 1.92. The van der Waals surface area contributed by atoms with E-state index in [1.165, 1.54) is 0 Å². The molecule has 0 spiro atoms. The van der Waals surface area contributed by atoms with E-state index < -0.39 is 0 Å². The van der Waals surface area contributed by atoms with E-state index in [-0.39, 0.29) is 6.04 Å². The summed E-state index contributed by atoms with van der Waals surface area (Å²) in [5, 5.41) is 0. The fourth-order valence-corrected chi connectivity index (χ4v) is 0.723. The van der Waals surface area contributed by atoms with Crippen LogP contribution in [-0.2, 0) is 4.74 Å². The lowest BCUT2D eigenvalue weighted by atomic mass is 10.2. The van der Waals surface area contributed by atoms with Crippen LogP contribution in [0.1, 0.15) is 26.7 Å². The average Bonchev–Trinajstić information content (AvgIpc) is 1.85. The predicted octanol–water partition coefficient (Wildman–Crippen LogP) is 1.15. The molecular weight excluding hydrogens is 114 g/mol. The van der Waals surface area contributed by atoms with Crippen molar-refractivity contribution < 1.29 is 4.74 Å². The Morgan fingerprint density at radius 3 is 2.56 bits per heavy atom. The molecule has 0 aliphatic heterocycles. The normalized spacial score (nSPS) is 13.7. The summed E-state index contributed by atoms with van der Waals surface area (Å²) in [6, 6.07) is 0.245. The molecule has 0 bridgehead atoms. The monoisotopic (exact) mass is 131 g/mol. The van der Waals surface area contributed by atoms with E-state index in [2.05, 4.69) is 6.92 Å². The van der Waals surface area contributed by atoms with Gasteiger partial charge < -0.3 is 10.5 Å². The van der Waals surface area contributed by atoms with Crippen LogP contribution in [0.15, 0.2) is 0 Å². The van der Waals surface area contributed by atoms with Gasteiger partial charge in [-0.25, -0.2) is 0 Å². The summed E-state index contributed by atoms with van der Waals surface area (Å²) in [5.74, 6) is 0. The highest BCUT2D eigenvalue weighted by molar-refractivity contribution is 4.57. The Bertz CT molecular complexity index is 56.9. The Kier molecular flexibility index (Phi) is 5.99. The maximum Gasteiger partial charge on any atom is 0.0617 e. The highest BCUT2D eigenvalue weighted by Gasteiger charge is 1.97. The first-order valence-corrected chi connectivity index (χ1v) is 3.64. The number of ether oxygens (including phenoxy) is 1. The number of rotatable bonds is 5. The molecule has 0 saturated carbocycles. The molecule has 9 heavy (non-hydrogen) atoms. The van der Waals surface area contributed by atoms with Gasteiger partial charge in [0.25, 0.3) is 0 Å². The lowest BCUT2D eigenvalue weighted by Gasteiger charge is -2.08. The first kappa shape index (κ1) is 8.92. The number of hydrogen-bond acceptors (Lipinski definition) is 2. The van der Waals surface area contributed by atoms with Gasteiger partial charge in [-0.2, -0.15) is 0 Å². The molecule has 0 fully saturated rings. The quantitative estimate of drug-likeness (QED) is 0.607. The van der Waals surface area contributed by atoms with Crippen molar-refractivity contribution in [3.8, 4) is 0 Å². The molecular formula is C7H17NO. The third kappa shape index (κ3) is 5.80. The van der Waals surface area contributed by atoms with Gasteiger partial charge in [0.1, 0.15) is 0 Å². The van der Waals surface area contributed by atoms with Crippen molar-refractivity contribution in [3.63, 3.8) is 0 Å². The lowest BCUT2D eigenvalue weighted by molar-refractivity contribution is 0.130. The van der Waals surface area contributed by atoms with Gasteiger partial charge in [0.15, 0.2) is 0 Å². The fraction of sp³-hybridized carbons (Fsp3) is 1.00. The van der Waals surface area contributed by atoms with Crippen LogP contribution in [0.25, 0.3) is 0 Å². The molecule has 0 aromatic carbocycles. The van der Waals surface area contributed by atoms with Crippen LogP contribution in [0.5, 0.6) is 0 Å². The molecule has 1 atom stereocenters. The molecule has 0 aromatic heterocycles. The summed E-state index contributed by atoms with van der Waals surface area (Å²) < 4.78 is 5.12. The van der Waals surface area contributed by atoms with Crippen molar-refractivity contribution in [2.24, 2.45) is 5.73 Å². The largest absolute Gasteiger partial charge is 0.380 e. The van der Waals surface area contributed by atoms with Gasteiger partial charge in [-0.1, -0.05) is 13.3 Å². The smallest absolute Gasteiger partial charge is 0.0617 e. The van der Waals surface area contributed by atoms with E-state index >= 15 is 0 Å². The van der Waals surface area contributed by atoms with Gasteiger partial charge in [-0.3, -0.25) is 0 Å². The zero-order valence-electron chi connectivity index (χ0n) is 6.39. The summed E-state index contributed by atoms with van der Waals surface area (Å²) in [4.78, 5) is 0. The van der Waals surface area contributed by atoms with Gasteiger partial charge in [0, 0.05) is 12.6 Å². The summed E-state index contributed by atoms with van der Waals surface area (Å²) in [6.07, 6.45) is 2.22. The second-order valence-electron chi connectivity index (χ2n) is 2.21. The van der Waals surface area contributed by atoms with Crippen LogP contribution in [0.3, 0.4) is 0 Å². The molecule has 56 valence electrons. The molecule has 2 N–H and O–H groups in total. The Hall–Kier alpha value is -0.0800. The summed E-state index contributed by atoms with van der Waals surface area (Å²) in [7, 11) is 0. The van der Waals surface area contributed by atoms with Crippen LogP contribution in [0.2, 0.25) is 0 Å². The van der Waals surface area contributed by atoms with Crippen molar-refractivity contribution in [2.75, 3.05) is 13.2 Å². The zero-order chi connectivity index (χ0) is 7.11. The van der Waals surface area contributed by atoms with Gasteiger partial charge in [0.05, 0.1) is 6.61 Å². The third-order valence-electron chi connectivity index (χ3n) is 1.20. The highest BCUT2D eigenvalue weighted by atomic mass is 16.5. The molecule has 0 aliphatic rings. The zero-order valence-corrected chi connectivity index (χ0v) is 6.39. The second kappa shape index (κ2) is 6.05. The predicted molar refractivity (Wildman–Crippen MR) is 39.4 cm³/mol. The van der Waals surface area contributed by atoms with Gasteiger partial charge >= 0.3 is 0 Å². The van der Waals surface area contributed by atoms with Gasteiger partial charge in [0.2, 0.25) is 0 Å². The number of nitrogens with two attached hydrogens (primary N) is 1. The molecule has 2 nitrogen and oxygen atoms in total. The summed E-state index contributed by atoms with van der Waals surface area (Å²) in [5.41, 5.74) is 5.65. The maximum atomic E-state index is 5.65. The van der Waals surface area contributed by atoms with Crippen LogP contribution in [0, 0.1) is 0 Å². The molecule has 0 amide bonds. The summed E-state index contributed by atoms with van der Waals surface area (Å²) >= 11 is 0. The number of hydrogen-bond donors (Lipinski definition) is 1. The molecule has 0 heterocycles. The summed E-state index contributed by atoms with van der Waals surface area (Å²) in [6.45, 7) is 5.60. The van der Waals surface area contributed by atoms with Crippen molar-refractivity contribution in [2.45, 2.75) is 32.7 Å². The molecule has 0 aromatic rings. The molecule has 0 saturated heterocycles. The molecule has 0 aliphatic carbocycles. The molecule has 0 radical (unpaired) electrons. The fourth-order valence-electron chi connectivity index (χ4n) is 0.723. The minimum atomic E-state index is 0.245. The average molecular weight is 131 g/mol. The topological polar surface area (TPSA) is 35.2 Å². The van der Waals surface area contributed by atoms with E-state index in [0.717, 1.165) is 19.4 Å². The van der Waals surface area contributed by atoms with Crippen LogP contribution in [-0.4, -0.2) is 19.3 Å². The maximum absolute atomic E-state index is 5.65. The van der Waals surface area contributed by atoms with Crippen molar-refractivity contribution >= 4 is 0 Å². The SMILES string of the molecule is CCC[C@@H](N)COCC. The Morgan fingerprint density at radius 1 is 1.44 bits per heavy atom. The molecule has 0 rings (SSSR count). The van der Waals surface area contributed by atoms with Gasteiger partial charge in [-0.15, -0.1) is 0 Å². The standard InChI is InChI=1S/C7H17NO/c1-3-5-7(8)6-9-4-2/h7H,3-6,8H2,1-2H3/t7-/m1/s1. The minimum absolute atomic E-state index is 0.245. The van der Waals surface area contributed by atoms with Crippen LogP contribution >= 0.6 is 0 Å². The lowest BCUT2D eigenvalue weighted by Crippen LogP contribution is -2.25. The van der Waals surface area contributed by atoms with Crippen molar-refractivity contribution in [1.29, 1.82) is 0 Å². The van der Waals surface area contributed by atoms with E-state index in [9.17, 15) is 0 Å². The molecule has 0 unspecified atom stereocenters. The third-order valence-corrected chi connectivity index (χ3v) is 1.20. The first-order chi connectivity index (χ1) is 4.31. The van der Waals surface area contributed by atoms with Crippen LogP contribution < -0.4 is 5.73 Å². The Morgan fingerprint density at radius 2 is 2.11 bits per heavy atom. The van der Waals surface area contributed by atoms with E-state index in [4.69, 9.17) is 10.5 Å². The van der Waals surface area contributed by atoms with Crippen molar-refractivity contribution in [3.05, 3.63) is 0 Å². The first-order valence-electron chi connectivity index (χ1n) is 3.64. The molecule has 2 heteroatoms. The Balaban J connectivity index is 2.95. The Labute approximate surface area is 57.4 Å². The van der Waals surface area contributed by atoms with E-state index in [1.54, 1.807) is 0 Å². The van der Waals surface area contributed by atoms with Gasteiger partial charge in [-0.05, 0) is 13.3 Å².